The number of nitrogens with zero attached hydrogens (tertiary/aromatic N) is 1. The second-order valence-corrected chi connectivity index (χ2v) is 3.09. The number of carbonyl (C=O) groups is 1. The second kappa shape index (κ2) is 4.60. The van der Waals surface area contributed by atoms with Crippen LogP contribution < -0.4 is 5.32 Å². The summed E-state index contributed by atoms with van der Waals surface area (Å²) in [5.74, 6) is 0.642. The molecule has 0 aliphatic heterocycles. The van der Waals surface area contributed by atoms with Crippen LogP contribution in [0.1, 0.15) is 31.7 Å². The lowest BCUT2D eigenvalue weighted by molar-refractivity contribution is -0.121. The monoisotopic (exact) mass is 194 g/mol. The molecule has 0 saturated carbocycles. The summed E-state index contributed by atoms with van der Waals surface area (Å²) in [6.45, 7) is 7.78. The highest BCUT2D eigenvalue weighted by Gasteiger charge is 2.05. The molecule has 0 aliphatic carbocycles. The van der Waals surface area contributed by atoms with Crippen molar-refractivity contribution in [3.63, 3.8) is 0 Å². The van der Waals surface area contributed by atoms with Crippen LogP contribution in [0.25, 0.3) is 5.57 Å². The van der Waals surface area contributed by atoms with E-state index < -0.39 is 0 Å². The largest absolute Gasteiger partial charge is 0.359 e. The molecule has 0 atom stereocenters. The maximum absolute atomic E-state index is 10.9. The fourth-order valence-corrected chi connectivity index (χ4v) is 0.908. The van der Waals surface area contributed by atoms with E-state index in [-0.39, 0.29) is 5.91 Å². The molecule has 76 valence electrons. The Labute approximate surface area is 83.0 Å². The number of aromatic nitrogens is 1. The van der Waals surface area contributed by atoms with Gasteiger partial charge in [0.15, 0.2) is 5.76 Å². The lowest BCUT2D eigenvalue weighted by Crippen LogP contribution is -2.20. The van der Waals surface area contributed by atoms with Gasteiger partial charge in [0.2, 0.25) is 5.91 Å². The first-order valence-corrected chi connectivity index (χ1v) is 4.51. The SMILES string of the molecule is C=C(C)c1cc(CNC(=O)CC)on1. The molecule has 0 saturated heterocycles. The molecule has 1 heterocycles. The summed E-state index contributed by atoms with van der Waals surface area (Å²) in [5, 5.41) is 6.49. The minimum Gasteiger partial charge on any atom is -0.359 e. The number of rotatable bonds is 4. The summed E-state index contributed by atoms with van der Waals surface area (Å²) in [4.78, 5) is 10.9. The molecule has 4 heteroatoms. The van der Waals surface area contributed by atoms with Crippen molar-refractivity contribution in [2.24, 2.45) is 0 Å². The predicted octanol–water partition coefficient (Wildman–Crippen LogP) is 1.73. The smallest absolute Gasteiger partial charge is 0.220 e. The molecule has 1 aromatic rings. The first kappa shape index (κ1) is 10.5. The number of nitrogens with one attached hydrogen (secondary N) is 1. The summed E-state index contributed by atoms with van der Waals surface area (Å²) in [6, 6.07) is 1.78. The highest BCUT2D eigenvalue weighted by molar-refractivity contribution is 5.75. The fraction of sp³-hybridized carbons (Fsp3) is 0.400. The summed E-state index contributed by atoms with van der Waals surface area (Å²) < 4.78 is 5.00. The molecule has 1 rings (SSSR count). The molecule has 14 heavy (non-hydrogen) atoms. The van der Waals surface area contributed by atoms with Gasteiger partial charge in [-0.05, 0) is 12.5 Å². The van der Waals surface area contributed by atoms with Crippen molar-refractivity contribution in [2.75, 3.05) is 0 Å². The highest BCUT2D eigenvalue weighted by atomic mass is 16.5. The number of hydrogen-bond acceptors (Lipinski definition) is 3. The summed E-state index contributed by atoms with van der Waals surface area (Å²) in [6.07, 6.45) is 0.474. The fourth-order valence-electron chi connectivity index (χ4n) is 0.908. The van der Waals surface area contributed by atoms with Gasteiger partial charge >= 0.3 is 0 Å². The predicted molar refractivity (Wildman–Crippen MR) is 53.3 cm³/mol. The quantitative estimate of drug-likeness (QED) is 0.794. The molecule has 0 unspecified atom stereocenters. The number of allylic oxidation sites excluding steroid dienone is 1. The third-order valence-electron chi connectivity index (χ3n) is 1.78. The third kappa shape index (κ3) is 2.73. The van der Waals surface area contributed by atoms with Gasteiger partial charge in [-0.25, -0.2) is 0 Å². The molecular weight excluding hydrogens is 180 g/mol. The van der Waals surface area contributed by atoms with Crippen molar-refractivity contribution in [3.05, 3.63) is 24.1 Å². The second-order valence-electron chi connectivity index (χ2n) is 3.09. The van der Waals surface area contributed by atoms with Gasteiger partial charge in [-0.15, -0.1) is 0 Å². The van der Waals surface area contributed by atoms with Crippen LogP contribution in [-0.4, -0.2) is 11.1 Å². The van der Waals surface area contributed by atoms with E-state index in [1.165, 1.54) is 0 Å². The molecule has 1 aromatic heterocycles. The molecule has 0 aromatic carbocycles. The molecule has 0 fully saturated rings. The van der Waals surface area contributed by atoms with E-state index in [2.05, 4.69) is 17.1 Å². The average Bonchev–Trinajstić information content (AvgIpc) is 2.62. The van der Waals surface area contributed by atoms with Gasteiger partial charge in [0, 0.05) is 12.5 Å². The van der Waals surface area contributed by atoms with E-state index in [0.29, 0.717) is 18.7 Å². The van der Waals surface area contributed by atoms with Gasteiger partial charge < -0.3 is 9.84 Å². The summed E-state index contributed by atoms with van der Waals surface area (Å²) in [5.41, 5.74) is 1.58. The zero-order chi connectivity index (χ0) is 10.6. The molecule has 1 N–H and O–H groups in total. The Kier molecular flexibility index (Phi) is 3.45. The van der Waals surface area contributed by atoms with Gasteiger partial charge in [-0.1, -0.05) is 18.7 Å². The Balaban J connectivity index is 2.52. The van der Waals surface area contributed by atoms with Crippen LogP contribution in [0.3, 0.4) is 0 Å². The average molecular weight is 194 g/mol. The van der Waals surface area contributed by atoms with E-state index >= 15 is 0 Å². The normalized spacial score (nSPS) is 9.86. The van der Waals surface area contributed by atoms with Crippen LogP contribution in [0, 0.1) is 0 Å². The molecule has 1 amide bonds. The lowest BCUT2D eigenvalue weighted by Gasteiger charge is -1.97. The molecule has 0 spiro atoms. The van der Waals surface area contributed by atoms with Gasteiger partial charge in [-0.3, -0.25) is 4.79 Å². The summed E-state index contributed by atoms with van der Waals surface area (Å²) >= 11 is 0. The van der Waals surface area contributed by atoms with Gasteiger partial charge in [0.25, 0.3) is 0 Å². The van der Waals surface area contributed by atoms with Crippen molar-refractivity contribution in [2.45, 2.75) is 26.8 Å². The van der Waals surface area contributed by atoms with Crippen molar-refractivity contribution in [3.8, 4) is 0 Å². The molecule has 4 nitrogen and oxygen atoms in total. The third-order valence-corrected chi connectivity index (χ3v) is 1.78. The zero-order valence-electron chi connectivity index (χ0n) is 8.46. The Morgan fingerprint density at radius 2 is 2.43 bits per heavy atom. The Morgan fingerprint density at radius 1 is 1.71 bits per heavy atom. The Morgan fingerprint density at radius 3 is 2.93 bits per heavy atom. The first-order chi connectivity index (χ1) is 6.63. The number of amides is 1. The number of hydrogen-bond donors (Lipinski definition) is 1. The highest BCUT2D eigenvalue weighted by Crippen LogP contribution is 2.11. The first-order valence-electron chi connectivity index (χ1n) is 4.51. The van der Waals surface area contributed by atoms with Gasteiger partial charge in [0.05, 0.1) is 6.54 Å². The van der Waals surface area contributed by atoms with Crippen LogP contribution in [0.4, 0.5) is 0 Å². The molecule has 0 bridgehead atoms. The van der Waals surface area contributed by atoms with Gasteiger partial charge in [-0.2, -0.15) is 0 Å². The molecular formula is C10H14N2O2. The van der Waals surface area contributed by atoms with Crippen LogP contribution in [0.5, 0.6) is 0 Å². The van der Waals surface area contributed by atoms with Crippen LogP contribution in [0.15, 0.2) is 17.2 Å². The van der Waals surface area contributed by atoms with Crippen molar-refractivity contribution in [1.82, 2.24) is 10.5 Å². The molecule has 0 aliphatic rings. The van der Waals surface area contributed by atoms with Crippen molar-refractivity contribution < 1.29 is 9.32 Å². The minimum absolute atomic E-state index is 0.00160. The van der Waals surface area contributed by atoms with Crippen molar-refractivity contribution >= 4 is 11.5 Å². The number of carbonyl (C=O) groups excluding carboxylic acids is 1. The van der Waals surface area contributed by atoms with E-state index in [9.17, 15) is 4.79 Å². The Hall–Kier alpha value is -1.58. The molecule has 0 radical (unpaired) electrons. The maximum Gasteiger partial charge on any atom is 0.220 e. The van der Waals surface area contributed by atoms with E-state index in [1.807, 2.05) is 6.92 Å². The summed E-state index contributed by atoms with van der Waals surface area (Å²) in [7, 11) is 0. The standard InChI is InChI=1S/C10H14N2O2/c1-4-10(13)11-6-8-5-9(7(2)3)12-14-8/h5H,2,4,6H2,1,3H3,(H,11,13). The van der Waals surface area contributed by atoms with Gasteiger partial charge in [0.1, 0.15) is 5.69 Å². The lowest BCUT2D eigenvalue weighted by atomic mass is 10.2. The van der Waals surface area contributed by atoms with E-state index in [0.717, 1.165) is 11.3 Å². The van der Waals surface area contributed by atoms with Crippen LogP contribution >= 0.6 is 0 Å². The van der Waals surface area contributed by atoms with E-state index in [4.69, 9.17) is 4.52 Å². The topological polar surface area (TPSA) is 55.1 Å². The van der Waals surface area contributed by atoms with Crippen molar-refractivity contribution in [1.29, 1.82) is 0 Å². The van der Waals surface area contributed by atoms with E-state index in [1.54, 1.807) is 13.0 Å². The Bertz CT molecular complexity index is 342. The van der Waals surface area contributed by atoms with Crippen LogP contribution in [0.2, 0.25) is 0 Å². The minimum atomic E-state index is -0.00160. The van der Waals surface area contributed by atoms with Crippen LogP contribution in [-0.2, 0) is 11.3 Å². The zero-order valence-corrected chi connectivity index (χ0v) is 8.46. The maximum atomic E-state index is 10.9.